The minimum atomic E-state index is -0.409. The Morgan fingerprint density at radius 3 is 2.04 bits per heavy atom. The average molecular weight is 329 g/mol. The van der Waals surface area contributed by atoms with Crippen molar-refractivity contribution in [2.75, 3.05) is 0 Å². The molecule has 0 bridgehead atoms. The molecule has 0 saturated carbocycles. The van der Waals surface area contributed by atoms with Gasteiger partial charge in [0.15, 0.2) is 0 Å². The van der Waals surface area contributed by atoms with E-state index in [0.717, 1.165) is 16.7 Å². The van der Waals surface area contributed by atoms with Crippen LogP contribution in [0, 0.1) is 0 Å². The number of nitrogens with zero attached hydrogens (tertiary/aromatic N) is 2. The Kier molecular flexibility index (Phi) is 5.32. The molecule has 0 fully saturated rings. The van der Waals surface area contributed by atoms with Gasteiger partial charge in [-0.25, -0.2) is 5.43 Å². The molecule has 1 heterocycles. The van der Waals surface area contributed by atoms with Crippen molar-refractivity contribution in [2.24, 2.45) is 5.10 Å². The Morgan fingerprint density at radius 1 is 0.920 bits per heavy atom. The van der Waals surface area contributed by atoms with E-state index in [-0.39, 0.29) is 5.91 Å². The summed E-state index contributed by atoms with van der Waals surface area (Å²) in [4.78, 5) is 16.9. The van der Waals surface area contributed by atoms with Crippen molar-refractivity contribution < 1.29 is 4.79 Å². The van der Waals surface area contributed by atoms with Crippen molar-refractivity contribution in [1.29, 1.82) is 0 Å². The van der Waals surface area contributed by atoms with E-state index < -0.39 is 5.92 Å². The fourth-order valence-electron chi connectivity index (χ4n) is 2.63. The van der Waals surface area contributed by atoms with E-state index in [1.807, 2.05) is 79.7 Å². The van der Waals surface area contributed by atoms with Gasteiger partial charge in [-0.05, 0) is 24.1 Å². The summed E-state index contributed by atoms with van der Waals surface area (Å²) in [5.74, 6) is -0.575. The average Bonchev–Trinajstić information content (AvgIpc) is 2.69. The van der Waals surface area contributed by atoms with Crippen molar-refractivity contribution in [3.63, 3.8) is 0 Å². The van der Waals surface area contributed by atoms with Gasteiger partial charge in [-0.1, -0.05) is 66.7 Å². The molecule has 0 saturated heterocycles. The lowest BCUT2D eigenvalue weighted by Crippen LogP contribution is -2.27. The van der Waals surface area contributed by atoms with Gasteiger partial charge in [-0.3, -0.25) is 9.78 Å². The van der Waals surface area contributed by atoms with Crippen molar-refractivity contribution in [2.45, 2.75) is 12.8 Å². The molecule has 4 nitrogen and oxygen atoms in total. The van der Waals surface area contributed by atoms with Crippen LogP contribution in [-0.4, -0.2) is 16.6 Å². The van der Waals surface area contributed by atoms with Crippen LogP contribution >= 0.6 is 0 Å². The molecule has 124 valence electrons. The van der Waals surface area contributed by atoms with Gasteiger partial charge in [-0.2, -0.15) is 5.10 Å². The Hall–Kier alpha value is -3.27. The van der Waals surface area contributed by atoms with Gasteiger partial charge >= 0.3 is 0 Å². The second-order valence-corrected chi connectivity index (χ2v) is 5.67. The number of amides is 1. The fourth-order valence-corrected chi connectivity index (χ4v) is 2.63. The van der Waals surface area contributed by atoms with Gasteiger partial charge in [0.1, 0.15) is 0 Å². The Bertz CT molecular complexity index is 807. The summed E-state index contributed by atoms with van der Waals surface area (Å²) in [7, 11) is 0. The summed E-state index contributed by atoms with van der Waals surface area (Å²) in [5, 5.41) is 4.24. The number of benzene rings is 2. The van der Waals surface area contributed by atoms with E-state index in [1.54, 1.807) is 12.4 Å². The van der Waals surface area contributed by atoms with Crippen LogP contribution < -0.4 is 5.43 Å². The van der Waals surface area contributed by atoms with Gasteiger partial charge < -0.3 is 0 Å². The Labute approximate surface area is 147 Å². The summed E-state index contributed by atoms with van der Waals surface area (Å²) >= 11 is 0. The zero-order valence-corrected chi connectivity index (χ0v) is 14.0. The molecule has 1 N–H and O–H groups in total. The predicted octanol–water partition coefficient (Wildman–Crippen LogP) is 3.75. The van der Waals surface area contributed by atoms with Gasteiger partial charge in [0.25, 0.3) is 5.91 Å². The zero-order valence-electron chi connectivity index (χ0n) is 14.0. The third-order valence-electron chi connectivity index (χ3n) is 3.94. The van der Waals surface area contributed by atoms with E-state index in [0.29, 0.717) is 5.71 Å². The molecule has 2 aromatic carbocycles. The number of nitrogens with one attached hydrogen (secondary N) is 1. The van der Waals surface area contributed by atoms with Crippen LogP contribution in [0.5, 0.6) is 0 Å². The molecule has 0 spiro atoms. The number of hydrogen-bond donors (Lipinski definition) is 1. The lowest BCUT2D eigenvalue weighted by atomic mass is 9.91. The number of carbonyl (C=O) groups is 1. The van der Waals surface area contributed by atoms with Crippen LogP contribution in [0.4, 0.5) is 0 Å². The van der Waals surface area contributed by atoms with E-state index >= 15 is 0 Å². The molecule has 4 heteroatoms. The quantitative estimate of drug-likeness (QED) is 0.572. The molecule has 1 aromatic heterocycles. The maximum absolute atomic E-state index is 12.8. The van der Waals surface area contributed by atoms with Gasteiger partial charge in [-0.15, -0.1) is 0 Å². The number of pyridine rings is 1. The lowest BCUT2D eigenvalue weighted by molar-refractivity contribution is -0.121. The molecule has 25 heavy (non-hydrogen) atoms. The summed E-state index contributed by atoms with van der Waals surface area (Å²) in [6.45, 7) is 1.84. The van der Waals surface area contributed by atoms with Crippen molar-refractivity contribution in [3.05, 3.63) is 102 Å². The highest BCUT2D eigenvalue weighted by molar-refractivity contribution is 5.99. The smallest absolute Gasteiger partial charge is 0.252 e. The summed E-state index contributed by atoms with van der Waals surface area (Å²) in [6, 6.07) is 23.2. The first kappa shape index (κ1) is 16.6. The predicted molar refractivity (Wildman–Crippen MR) is 99.3 cm³/mol. The van der Waals surface area contributed by atoms with E-state index in [4.69, 9.17) is 0 Å². The second-order valence-electron chi connectivity index (χ2n) is 5.67. The van der Waals surface area contributed by atoms with Crippen molar-refractivity contribution >= 4 is 11.6 Å². The molecular formula is C21H19N3O. The van der Waals surface area contributed by atoms with Crippen molar-refractivity contribution in [1.82, 2.24) is 10.4 Å². The SMILES string of the molecule is C/C(=N\NC(=O)C(c1ccccc1)c1ccccc1)c1cccnc1. The van der Waals surface area contributed by atoms with Crippen LogP contribution in [0.1, 0.15) is 29.5 Å². The van der Waals surface area contributed by atoms with E-state index in [9.17, 15) is 4.79 Å². The number of hydrazone groups is 1. The molecule has 0 aliphatic heterocycles. The largest absolute Gasteiger partial charge is 0.272 e. The maximum atomic E-state index is 12.8. The standard InChI is InChI=1S/C21H19N3O/c1-16(19-13-8-14-22-15-19)23-24-21(25)20(17-9-4-2-5-10-17)18-11-6-3-7-12-18/h2-15,20H,1H3,(H,24,25)/b23-16+. The van der Waals surface area contributed by atoms with Crippen molar-refractivity contribution in [3.8, 4) is 0 Å². The van der Waals surface area contributed by atoms with Crippen LogP contribution in [0.15, 0.2) is 90.3 Å². The van der Waals surface area contributed by atoms with Gasteiger partial charge in [0.2, 0.25) is 0 Å². The highest BCUT2D eigenvalue weighted by Crippen LogP contribution is 2.24. The highest BCUT2D eigenvalue weighted by Gasteiger charge is 2.22. The van der Waals surface area contributed by atoms with E-state index in [2.05, 4.69) is 15.5 Å². The number of carbonyl (C=O) groups excluding carboxylic acids is 1. The summed E-state index contributed by atoms with van der Waals surface area (Å²) in [6.07, 6.45) is 3.42. The molecule has 1 amide bonds. The Balaban J connectivity index is 1.85. The van der Waals surface area contributed by atoms with Crippen LogP contribution in [0.2, 0.25) is 0 Å². The summed E-state index contributed by atoms with van der Waals surface area (Å²) in [5.41, 5.74) is 6.14. The Morgan fingerprint density at radius 2 is 1.52 bits per heavy atom. The molecule has 3 aromatic rings. The minimum absolute atomic E-state index is 0.166. The monoisotopic (exact) mass is 329 g/mol. The molecular weight excluding hydrogens is 310 g/mol. The zero-order chi connectivity index (χ0) is 17.5. The topological polar surface area (TPSA) is 54.4 Å². The van der Waals surface area contributed by atoms with Gasteiger partial charge in [0, 0.05) is 18.0 Å². The third kappa shape index (κ3) is 4.18. The minimum Gasteiger partial charge on any atom is -0.272 e. The molecule has 0 aliphatic rings. The number of hydrogen-bond acceptors (Lipinski definition) is 3. The number of rotatable bonds is 5. The fraction of sp³-hybridized carbons (Fsp3) is 0.0952. The van der Waals surface area contributed by atoms with Crippen LogP contribution in [0.25, 0.3) is 0 Å². The first-order valence-electron chi connectivity index (χ1n) is 8.10. The second kappa shape index (κ2) is 8.02. The first-order valence-corrected chi connectivity index (χ1v) is 8.10. The maximum Gasteiger partial charge on any atom is 0.252 e. The van der Waals surface area contributed by atoms with Crippen LogP contribution in [-0.2, 0) is 4.79 Å². The molecule has 0 unspecified atom stereocenters. The first-order chi connectivity index (χ1) is 12.3. The molecule has 3 rings (SSSR count). The number of aromatic nitrogens is 1. The highest BCUT2D eigenvalue weighted by atomic mass is 16.2. The van der Waals surface area contributed by atoms with Crippen LogP contribution in [0.3, 0.4) is 0 Å². The molecule has 0 radical (unpaired) electrons. The normalized spacial score (nSPS) is 11.4. The molecule has 0 atom stereocenters. The third-order valence-corrected chi connectivity index (χ3v) is 3.94. The molecule has 0 aliphatic carbocycles. The summed E-state index contributed by atoms with van der Waals surface area (Å²) < 4.78 is 0. The lowest BCUT2D eigenvalue weighted by Gasteiger charge is -2.16. The van der Waals surface area contributed by atoms with E-state index in [1.165, 1.54) is 0 Å². The van der Waals surface area contributed by atoms with Gasteiger partial charge in [0.05, 0.1) is 11.6 Å².